The summed E-state index contributed by atoms with van der Waals surface area (Å²) in [6.07, 6.45) is 0.605. The van der Waals surface area contributed by atoms with E-state index in [4.69, 9.17) is 18.9 Å². The molecule has 0 saturated carbocycles. The van der Waals surface area contributed by atoms with Crippen molar-refractivity contribution >= 4 is 12.8 Å². The largest absolute Gasteiger partial charge is 0.492 e. The van der Waals surface area contributed by atoms with Crippen molar-refractivity contribution in [2.75, 3.05) is 21.3 Å². The fourth-order valence-electron chi connectivity index (χ4n) is 1.70. The SMILES string of the molecule is COc1c(C=O)c(C)c(OC=O)c(OC)c1OC. The summed E-state index contributed by atoms with van der Waals surface area (Å²) in [5, 5.41) is 0. The third-order valence-corrected chi connectivity index (χ3v) is 2.50. The zero-order chi connectivity index (χ0) is 13.7. The van der Waals surface area contributed by atoms with Crippen LogP contribution in [0.25, 0.3) is 0 Å². The molecule has 0 N–H and O–H groups in total. The Morgan fingerprint density at radius 3 is 1.72 bits per heavy atom. The summed E-state index contributed by atoms with van der Waals surface area (Å²) in [5.74, 6) is 0.765. The van der Waals surface area contributed by atoms with Gasteiger partial charge in [0.1, 0.15) is 0 Å². The monoisotopic (exact) mass is 254 g/mol. The summed E-state index contributed by atoms with van der Waals surface area (Å²) in [6.45, 7) is 1.87. The van der Waals surface area contributed by atoms with E-state index in [-0.39, 0.29) is 35.0 Å². The normalized spacial score (nSPS) is 9.56. The maximum atomic E-state index is 11.1. The molecule has 0 unspecified atom stereocenters. The lowest BCUT2D eigenvalue weighted by molar-refractivity contribution is -0.120. The summed E-state index contributed by atoms with van der Waals surface area (Å²) < 4.78 is 20.3. The smallest absolute Gasteiger partial charge is 0.298 e. The second-order valence-corrected chi connectivity index (χ2v) is 3.30. The molecule has 0 aliphatic carbocycles. The minimum Gasteiger partial charge on any atom is -0.492 e. The van der Waals surface area contributed by atoms with Crippen LogP contribution in [0.15, 0.2) is 0 Å². The first-order valence-electron chi connectivity index (χ1n) is 5.04. The molecular formula is C12H14O6. The van der Waals surface area contributed by atoms with Gasteiger partial charge in [0, 0.05) is 5.56 Å². The van der Waals surface area contributed by atoms with Gasteiger partial charge in [-0.2, -0.15) is 0 Å². The highest BCUT2D eigenvalue weighted by Gasteiger charge is 2.25. The quantitative estimate of drug-likeness (QED) is 0.714. The van der Waals surface area contributed by atoms with Crippen molar-refractivity contribution in [1.29, 1.82) is 0 Å². The molecule has 0 radical (unpaired) electrons. The Labute approximate surface area is 104 Å². The average molecular weight is 254 g/mol. The molecule has 0 fully saturated rings. The highest BCUT2D eigenvalue weighted by atomic mass is 16.6. The van der Waals surface area contributed by atoms with Crippen LogP contribution in [0, 0.1) is 6.92 Å². The molecule has 0 atom stereocenters. The fraction of sp³-hybridized carbons (Fsp3) is 0.333. The Bertz CT molecular complexity index is 466. The molecule has 0 heterocycles. The van der Waals surface area contributed by atoms with Gasteiger partial charge in [-0.25, -0.2) is 0 Å². The zero-order valence-electron chi connectivity index (χ0n) is 10.6. The number of carbonyl (C=O) groups excluding carboxylic acids is 2. The molecular weight excluding hydrogens is 240 g/mol. The summed E-state index contributed by atoms with van der Waals surface area (Å²) in [7, 11) is 4.20. The topological polar surface area (TPSA) is 71.1 Å². The molecule has 1 aromatic rings. The van der Waals surface area contributed by atoms with Crippen molar-refractivity contribution in [3.8, 4) is 23.0 Å². The Morgan fingerprint density at radius 1 is 0.833 bits per heavy atom. The maximum absolute atomic E-state index is 11.1. The average Bonchev–Trinajstić information content (AvgIpc) is 2.39. The molecule has 0 aliphatic rings. The number of ether oxygens (including phenoxy) is 4. The van der Waals surface area contributed by atoms with E-state index >= 15 is 0 Å². The van der Waals surface area contributed by atoms with Crippen LogP contribution in [0.5, 0.6) is 23.0 Å². The highest BCUT2D eigenvalue weighted by Crippen LogP contribution is 2.48. The highest BCUT2D eigenvalue weighted by molar-refractivity contribution is 5.87. The molecule has 0 aliphatic heterocycles. The van der Waals surface area contributed by atoms with Crippen LogP contribution < -0.4 is 18.9 Å². The van der Waals surface area contributed by atoms with Gasteiger partial charge in [-0.05, 0) is 6.92 Å². The van der Waals surface area contributed by atoms with Crippen molar-refractivity contribution in [2.45, 2.75) is 6.92 Å². The van der Waals surface area contributed by atoms with Gasteiger partial charge in [-0.1, -0.05) is 0 Å². The van der Waals surface area contributed by atoms with Gasteiger partial charge in [0.05, 0.1) is 26.9 Å². The van der Waals surface area contributed by atoms with Gasteiger partial charge in [0.2, 0.25) is 11.5 Å². The van der Waals surface area contributed by atoms with Gasteiger partial charge in [-0.15, -0.1) is 0 Å². The fourth-order valence-corrected chi connectivity index (χ4v) is 1.70. The van der Waals surface area contributed by atoms with E-state index in [0.29, 0.717) is 11.8 Å². The first-order chi connectivity index (χ1) is 8.65. The molecule has 0 spiro atoms. The van der Waals surface area contributed by atoms with E-state index < -0.39 is 0 Å². The number of carbonyl (C=O) groups is 2. The van der Waals surface area contributed by atoms with E-state index in [2.05, 4.69) is 0 Å². The minimum absolute atomic E-state index is 0.132. The zero-order valence-corrected chi connectivity index (χ0v) is 10.6. The minimum atomic E-state index is 0.132. The van der Waals surface area contributed by atoms with Crippen LogP contribution in [0.4, 0.5) is 0 Å². The van der Waals surface area contributed by atoms with Crippen molar-refractivity contribution in [1.82, 2.24) is 0 Å². The van der Waals surface area contributed by atoms with Crippen LogP contribution in [0.1, 0.15) is 15.9 Å². The number of rotatable bonds is 6. The van der Waals surface area contributed by atoms with Crippen LogP contribution in [-0.2, 0) is 4.79 Å². The van der Waals surface area contributed by atoms with E-state index in [1.54, 1.807) is 6.92 Å². The Kier molecular flexibility index (Phi) is 4.53. The molecule has 98 valence electrons. The van der Waals surface area contributed by atoms with Crippen molar-refractivity contribution < 1.29 is 28.5 Å². The number of hydrogen-bond donors (Lipinski definition) is 0. The number of methoxy groups -OCH3 is 3. The third-order valence-electron chi connectivity index (χ3n) is 2.50. The number of hydrogen-bond acceptors (Lipinski definition) is 6. The molecule has 6 nitrogen and oxygen atoms in total. The lowest BCUT2D eigenvalue weighted by atomic mass is 10.1. The molecule has 6 heteroatoms. The van der Waals surface area contributed by atoms with Crippen molar-refractivity contribution in [3.63, 3.8) is 0 Å². The number of benzene rings is 1. The molecule has 1 rings (SSSR count). The molecule has 0 aromatic heterocycles. The van der Waals surface area contributed by atoms with Crippen molar-refractivity contribution in [2.24, 2.45) is 0 Å². The van der Waals surface area contributed by atoms with Crippen molar-refractivity contribution in [3.05, 3.63) is 11.1 Å². The standard InChI is InChI=1S/C12H14O6/c1-7-8(5-13)10(15-2)12(17-4)11(16-3)9(7)18-6-14/h5-6H,1-4H3. The molecule has 0 amide bonds. The first kappa shape index (κ1) is 13.8. The summed E-state index contributed by atoms with van der Waals surface area (Å²) in [6, 6.07) is 0. The van der Waals surface area contributed by atoms with E-state index in [0.717, 1.165) is 0 Å². The van der Waals surface area contributed by atoms with Gasteiger partial charge >= 0.3 is 0 Å². The lowest BCUT2D eigenvalue weighted by Crippen LogP contribution is -2.05. The van der Waals surface area contributed by atoms with Crippen LogP contribution in [0.2, 0.25) is 0 Å². The molecule has 1 aromatic carbocycles. The predicted octanol–water partition coefficient (Wildman–Crippen LogP) is 1.37. The van der Waals surface area contributed by atoms with Gasteiger partial charge < -0.3 is 18.9 Å². The van der Waals surface area contributed by atoms with E-state index in [1.807, 2.05) is 0 Å². The van der Waals surface area contributed by atoms with Crippen LogP contribution in [0.3, 0.4) is 0 Å². The van der Waals surface area contributed by atoms with Crippen LogP contribution >= 0.6 is 0 Å². The predicted molar refractivity (Wildman–Crippen MR) is 62.9 cm³/mol. The lowest BCUT2D eigenvalue weighted by Gasteiger charge is -2.18. The summed E-state index contributed by atoms with van der Waals surface area (Å²) in [5.41, 5.74) is 0.679. The molecule has 0 saturated heterocycles. The second-order valence-electron chi connectivity index (χ2n) is 3.30. The van der Waals surface area contributed by atoms with Gasteiger partial charge in [-0.3, -0.25) is 9.59 Å². The molecule has 0 bridgehead atoms. The Morgan fingerprint density at radius 2 is 1.33 bits per heavy atom. The maximum Gasteiger partial charge on any atom is 0.298 e. The summed E-state index contributed by atoms with van der Waals surface area (Å²) in [4.78, 5) is 21.6. The second kappa shape index (κ2) is 5.90. The first-order valence-corrected chi connectivity index (χ1v) is 5.04. The summed E-state index contributed by atoms with van der Waals surface area (Å²) >= 11 is 0. The van der Waals surface area contributed by atoms with E-state index in [1.165, 1.54) is 21.3 Å². The number of aldehydes is 1. The van der Waals surface area contributed by atoms with E-state index in [9.17, 15) is 9.59 Å². The Hall–Kier alpha value is -2.24. The van der Waals surface area contributed by atoms with Gasteiger partial charge in [0.15, 0.2) is 17.8 Å². The van der Waals surface area contributed by atoms with Gasteiger partial charge in [0.25, 0.3) is 6.47 Å². The van der Waals surface area contributed by atoms with Crippen LogP contribution in [-0.4, -0.2) is 34.1 Å². The molecule has 18 heavy (non-hydrogen) atoms. The third kappa shape index (κ3) is 2.09. The Balaban J connectivity index is 3.72.